The van der Waals surface area contributed by atoms with Crippen molar-refractivity contribution in [3.63, 3.8) is 0 Å². The highest BCUT2D eigenvalue weighted by Crippen LogP contribution is 2.22. The largest absolute Gasteiger partial charge is 0.390 e. The fourth-order valence-corrected chi connectivity index (χ4v) is 3.09. The van der Waals surface area contributed by atoms with E-state index in [2.05, 4.69) is 25.2 Å². The van der Waals surface area contributed by atoms with Crippen LogP contribution in [-0.2, 0) is 0 Å². The Bertz CT molecular complexity index is 654. The van der Waals surface area contributed by atoms with Crippen LogP contribution in [0.5, 0.6) is 0 Å². The number of aliphatic hydroxyl groups is 1. The van der Waals surface area contributed by atoms with Crippen LogP contribution in [0.4, 0.5) is 5.82 Å². The van der Waals surface area contributed by atoms with E-state index in [1.807, 2.05) is 19.9 Å². The van der Waals surface area contributed by atoms with Crippen molar-refractivity contribution < 1.29 is 5.11 Å². The standard InChI is InChI=1S/C16H23N5O/c1-11-7-12(2)20-16-14(11)15(18-10-19-16)17-8-13(22)9-21-5-3-4-6-21/h7,10,13,22H,3-6,8-9H2,1-2H3,(H,17,18,19,20)/t13-/m1/s1. The molecule has 0 aromatic carbocycles. The van der Waals surface area contributed by atoms with Gasteiger partial charge >= 0.3 is 0 Å². The van der Waals surface area contributed by atoms with Crippen LogP contribution >= 0.6 is 0 Å². The minimum Gasteiger partial charge on any atom is -0.390 e. The molecular formula is C16H23N5O. The zero-order valence-corrected chi connectivity index (χ0v) is 13.2. The number of pyridine rings is 1. The summed E-state index contributed by atoms with van der Waals surface area (Å²) in [5, 5.41) is 14.4. The Morgan fingerprint density at radius 2 is 2.05 bits per heavy atom. The highest BCUT2D eigenvalue weighted by atomic mass is 16.3. The van der Waals surface area contributed by atoms with Crippen LogP contribution in [0.3, 0.4) is 0 Å². The minimum atomic E-state index is -0.401. The van der Waals surface area contributed by atoms with Gasteiger partial charge in [-0.2, -0.15) is 0 Å². The Morgan fingerprint density at radius 3 is 2.82 bits per heavy atom. The fourth-order valence-electron chi connectivity index (χ4n) is 3.09. The molecule has 1 atom stereocenters. The van der Waals surface area contributed by atoms with Crippen molar-refractivity contribution >= 4 is 16.9 Å². The van der Waals surface area contributed by atoms with Crippen molar-refractivity contribution in [1.29, 1.82) is 0 Å². The predicted octanol–water partition coefficient (Wildman–Crippen LogP) is 1.51. The first-order valence-corrected chi connectivity index (χ1v) is 7.87. The number of rotatable bonds is 5. The van der Waals surface area contributed by atoms with Crippen molar-refractivity contribution in [3.05, 3.63) is 23.7 Å². The Balaban J connectivity index is 1.71. The number of aliphatic hydroxyl groups excluding tert-OH is 1. The second-order valence-corrected chi connectivity index (χ2v) is 6.04. The van der Waals surface area contributed by atoms with E-state index in [-0.39, 0.29) is 0 Å². The molecule has 0 amide bonds. The lowest BCUT2D eigenvalue weighted by Gasteiger charge is -2.20. The average molecular weight is 301 g/mol. The Morgan fingerprint density at radius 1 is 1.27 bits per heavy atom. The van der Waals surface area contributed by atoms with E-state index in [1.54, 1.807) is 0 Å². The van der Waals surface area contributed by atoms with Crippen LogP contribution in [-0.4, -0.2) is 57.2 Å². The van der Waals surface area contributed by atoms with Gasteiger partial charge in [0.2, 0.25) is 0 Å². The number of β-amino-alcohol motifs (C(OH)–C–C–N with tert-alkyl or cyclic N) is 1. The molecule has 2 aromatic heterocycles. The van der Waals surface area contributed by atoms with Crippen molar-refractivity contribution in [1.82, 2.24) is 19.9 Å². The average Bonchev–Trinajstić information content (AvgIpc) is 2.97. The Kier molecular flexibility index (Phi) is 4.49. The van der Waals surface area contributed by atoms with Gasteiger partial charge in [0.1, 0.15) is 12.1 Å². The number of anilines is 1. The Hall–Kier alpha value is -1.79. The molecule has 6 heteroatoms. The van der Waals surface area contributed by atoms with Gasteiger partial charge in [0.15, 0.2) is 5.65 Å². The molecule has 0 radical (unpaired) electrons. The number of hydrogen-bond donors (Lipinski definition) is 2. The smallest absolute Gasteiger partial charge is 0.165 e. The van der Waals surface area contributed by atoms with Crippen LogP contribution in [0.2, 0.25) is 0 Å². The molecule has 1 aliphatic heterocycles. The molecule has 0 aliphatic carbocycles. The summed E-state index contributed by atoms with van der Waals surface area (Å²) in [5.74, 6) is 0.746. The van der Waals surface area contributed by atoms with Gasteiger partial charge in [-0.3, -0.25) is 0 Å². The molecular weight excluding hydrogens is 278 g/mol. The molecule has 1 aliphatic rings. The van der Waals surface area contributed by atoms with E-state index >= 15 is 0 Å². The van der Waals surface area contributed by atoms with E-state index in [9.17, 15) is 5.11 Å². The third-order valence-electron chi connectivity index (χ3n) is 4.10. The lowest BCUT2D eigenvalue weighted by Crippen LogP contribution is -2.34. The second kappa shape index (κ2) is 6.54. The van der Waals surface area contributed by atoms with E-state index in [0.29, 0.717) is 18.7 Å². The monoisotopic (exact) mass is 301 g/mol. The summed E-state index contributed by atoms with van der Waals surface area (Å²) in [5.41, 5.74) is 2.74. The van der Waals surface area contributed by atoms with Crippen LogP contribution < -0.4 is 5.32 Å². The molecule has 3 heterocycles. The van der Waals surface area contributed by atoms with Crippen LogP contribution in [0.25, 0.3) is 11.0 Å². The van der Waals surface area contributed by atoms with E-state index in [1.165, 1.54) is 19.2 Å². The molecule has 1 fully saturated rings. The summed E-state index contributed by atoms with van der Waals surface area (Å²) in [7, 11) is 0. The van der Waals surface area contributed by atoms with E-state index in [0.717, 1.165) is 35.6 Å². The summed E-state index contributed by atoms with van der Waals surface area (Å²) in [6, 6.07) is 2.03. The van der Waals surface area contributed by atoms with Crippen molar-refractivity contribution in [2.75, 3.05) is 31.5 Å². The molecule has 2 N–H and O–H groups in total. The van der Waals surface area contributed by atoms with Crippen LogP contribution in [0.15, 0.2) is 12.4 Å². The number of fused-ring (bicyclic) bond motifs is 1. The van der Waals surface area contributed by atoms with Crippen molar-refractivity contribution in [2.24, 2.45) is 0 Å². The third kappa shape index (κ3) is 3.34. The highest BCUT2D eigenvalue weighted by molar-refractivity contribution is 5.89. The van der Waals surface area contributed by atoms with Gasteiger partial charge in [0, 0.05) is 18.8 Å². The molecule has 0 spiro atoms. The van der Waals surface area contributed by atoms with Gasteiger partial charge in [-0.25, -0.2) is 15.0 Å². The zero-order chi connectivity index (χ0) is 15.5. The molecule has 0 bridgehead atoms. The molecule has 3 rings (SSSR count). The summed E-state index contributed by atoms with van der Waals surface area (Å²) in [6.07, 6.45) is 3.59. The molecule has 22 heavy (non-hydrogen) atoms. The van der Waals surface area contributed by atoms with Gasteiger partial charge in [-0.05, 0) is 51.4 Å². The van der Waals surface area contributed by atoms with Crippen molar-refractivity contribution in [3.8, 4) is 0 Å². The van der Waals surface area contributed by atoms with Gasteiger partial charge in [0.05, 0.1) is 11.5 Å². The topological polar surface area (TPSA) is 74.2 Å². The summed E-state index contributed by atoms with van der Waals surface area (Å²) in [6.45, 7) is 7.38. The third-order valence-corrected chi connectivity index (χ3v) is 4.10. The number of aryl methyl sites for hydroxylation is 2. The van der Waals surface area contributed by atoms with Gasteiger partial charge in [-0.1, -0.05) is 0 Å². The summed E-state index contributed by atoms with van der Waals surface area (Å²) < 4.78 is 0. The quantitative estimate of drug-likeness (QED) is 0.872. The first-order chi connectivity index (χ1) is 10.6. The predicted molar refractivity (Wildman–Crippen MR) is 87.0 cm³/mol. The number of hydrogen-bond acceptors (Lipinski definition) is 6. The number of nitrogens with zero attached hydrogens (tertiary/aromatic N) is 4. The molecule has 0 unspecified atom stereocenters. The SMILES string of the molecule is Cc1cc(C)c2c(NC[C@@H](O)CN3CCCC3)ncnc2n1. The summed E-state index contributed by atoms with van der Waals surface area (Å²) in [4.78, 5) is 15.3. The maximum absolute atomic E-state index is 10.2. The molecule has 2 aromatic rings. The molecule has 1 saturated heterocycles. The second-order valence-electron chi connectivity index (χ2n) is 6.04. The fraction of sp³-hybridized carbons (Fsp3) is 0.562. The maximum atomic E-state index is 10.2. The zero-order valence-electron chi connectivity index (χ0n) is 13.2. The van der Waals surface area contributed by atoms with E-state index < -0.39 is 6.10 Å². The first kappa shape index (κ1) is 15.1. The van der Waals surface area contributed by atoms with Crippen molar-refractivity contribution in [2.45, 2.75) is 32.8 Å². The normalized spacial score (nSPS) is 17.0. The number of aromatic nitrogens is 3. The van der Waals surface area contributed by atoms with Gasteiger partial charge < -0.3 is 15.3 Å². The number of nitrogens with one attached hydrogen (secondary N) is 1. The van der Waals surface area contributed by atoms with Crippen LogP contribution in [0, 0.1) is 13.8 Å². The van der Waals surface area contributed by atoms with Gasteiger partial charge in [0.25, 0.3) is 0 Å². The molecule has 0 saturated carbocycles. The van der Waals surface area contributed by atoms with E-state index in [4.69, 9.17) is 0 Å². The minimum absolute atomic E-state index is 0.401. The molecule has 6 nitrogen and oxygen atoms in total. The highest BCUT2D eigenvalue weighted by Gasteiger charge is 2.16. The molecule has 118 valence electrons. The Labute approximate surface area is 130 Å². The summed E-state index contributed by atoms with van der Waals surface area (Å²) >= 11 is 0. The number of likely N-dealkylation sites (tertiary alicyclic amines) is 1. The van der Waals surface area contributed by atoms with Crippen LogP contribution in [0.1, 0.15) is 24.1 Å². The van der Waals surface area contributed by atoms with Gasteiger partial charge in [-0.15, -0.1) is 0 Å². The first-order valence-electron chi connectivity index (χ1n) is 7.87. The maximum Gasteiger partial charge on any atom is 0.165 e. The lowest BCUT2D eigenvalue weighted by atomic mass is 10.1. The lowest BCUT2D eigenvalue weighted by molar-refractivity contribution is 0.135.